The summed E-state index contributed by atoms with van der Waals surface area (Å²) in [6.07, 6.45) is 3.46. The van der Waals surface area contributed by atoms with Gasteiger partial charge in [-0.1, -0.05) is 11.6 Å². The van der Waals surface area contributed by atoms with Crippen LogP contribution in [0.4, 0.5) is 5.82 Å². The maximum absolute atomic E-state index is 5.92. The average Bonchev–Trinajstić information content (AvgIpc) is 2.24. The lowest BCUT2D eigenvalue weighted by atomic mass is 9.94. The molecule has 1 unspecified atom stereocenters. The molecule has 0 aliphatic carbocycles. The van der Waals surface area contributed by atoms with E-state index in [9.17, 15) is 0 Å². The fourth-order valence-corrected chi connectivity index (χ4v) is 2.41. The highest BCUT2D eigenvalue weighted by molar-refractivity contribution is 6.32. The highest BCUT2D eigenvalue weighted by atomic mass is 35.5. The number of hydrogen-bond acceptors (Lipinski definition) is 4. The fraction of sp³-hybridized carbons (Fsp3) is 0.636. The van der Waals surface area contributed by atoms with E-state index in [0.717, 1.165) is 18.7 Å². The number of aromatic nitrogens is 2. The zero-order valence-corrected chi connectivity index (χ0v) is 10.2. The molecule has 0 amide bonds. The van der Waals surface area contributed by atoms with E-state index in [1.165, 1.54) is 19.4 Å². The molecule has 0 saturated carbocycles. The summed E-state index contributed by atoms with van der Waals surface area (Å²) in [4.78, 5) is 2.36. The lowest BCUT2D eigenvalue weighted by Crippen LogP contribution is -2.33. The Kier molecular flexibility index (Phi) is 3.61. The van der Waals surface area contributed by atoms with Crippen molar-refractivity contribution < 1.29 is 0 Å². The minimum absolute atomic E-state index is 0.311. The van der Waals surface area contributed by atoms with Gasteiger partial charge in [-0.15, -0.1) is 5.10 Å². The van der Waals surface area contributed by atoms with Crippen LogP contribution in [0.1, 0.15) is 18.5 Å². The van der Waals surface area contributed by atoms with Crippen LogP contribution in [0, 0.1) is 5.92 Å². The van der Waals surface area contributed by atoms with Gasteiger partial charge in [0, 0.05) is 6.54 Å². The molecule has 1 atom stereocenters. The van der Waals surface area contributed by atoms with Gasteiger partial charge in [0.05, 0.1) is 10.7 Å². The number of halogens is 1. The topological polar surface area (TPSA) is 55.0 Å². The lowest BCUT2D eigenvalue weighted by molar-refractivity contribution is 0.208. The minimum atomic E-state index is 0.311. The van der Waals surface area contributed by atoms with Crippen LogP contribution in [-0.4, -0.2) is 35.2 Å². The highest BCUT2D eigenvalue weighted by Gasteiger charge is 2.18. The van der Waals surface area contributed by atoms with E-state index in [4.69, 9.17) is 17.3 Å². The van der Waals surface area contributed by atoms with Crippen molar-refractivity contribution in [1.82, 2.24) is 15.1 Å². The molecule has 0 aromatic carbocycles. The monoisotopic (exact) mass is 240 g/mol. The molecule has 16 heavy (non-hydrogen) atoms. The van der Waals surface area contributed by atoms with E-state index in [0.29, 0.717) is 16.8 Å². The van der Waals surface area contributed by atoms with Crippen molar-refractivity contribution in [3.8, 4) is 0 Å². The van der Waals surface area contributed by atoms with E-state index in [1.54, 1.807) is 0 Å². The van der Waals surface area contributed by atoms with E-state index in [1.807, 2.05) is 6.07 Å². The number of hydrogen-bond donors (Lipinski definition) is 1. The average molecular weight is 241 g/mol. The smallest absolute Gasteiger partial charge is 0.164 e. The van der Waals surface area contributed by atoms with Crippen molar-refractivity contribution in [2.45, 2.75) is 19.3 Å². The highest BCUT2D eigenvalue weighted by Crippen LogP contribution is 2.21. The second-order valence-corrected chi connectivity index (χ2v) is 4.95. The van der Waals surface area contributed by atoms with E-state index in [-0.39, 0.29) is 0 Å². The molecule has 2 heterocycles. The lowest BCUT2D eigenvalue weighted by Gasteiger charge is -2.29. The van der Waals surface area contributed by atoms with Gasteiger partial charge in [-0.25, -0.2) is 0 Å². The summed E-state index contributed by atoms with van der Waals surface area (Å²) in [5.41, 5.74) is 6.47. The number of nitrogens with two attached hydrogens (primary N) is 1. The molecule has 1 aromatic rings. The van der Waals surface area contributed by atoms with Gasteiger partial charge in [-0.2, -0.15) is 5.10 Å². The molecule has 2 N–H and O–H groups in total. The molecule has 0 spiro atoms. The Labute approximate surface area is 101 Å². The zero-order chi connectivity index (χ0) is 11.5. The summed E-state index contributed by atoms with van der Waals surface area (Å²) >= 11 is 5.92. The van der Waals surface area contributed by atoms with Crippen LogP contribution in [0.5, 0.6) is 0 Å². The van der Waals surface area contributed by atoms with Crippen molar-refractivity contribution in [2.24, 2.45) is 5.92 Å². The number of nitrogen functional groups attached to an aromatic ring is 1. The Hall–Kier alpha value is -0.870. The summed E-state index contributed by atoms with van der Waals surface area (Å²) in [5, 5.41) is 8.43. The second-order valence-electron chi connectivity index (χ2n) is 4.54. The number of rotatable bonds is 2. The Morgan fingerprint density at radius 2 is 2.38 bits per heavy atom. The molecule has 1 aliphatic heterocycles. The van der Waals surface area contributed by atoms with Gasteiger partial charge >= 0.3 is 0 Å². The minimum Gasteiger partial charge on any atom is -0.381 e. The predicted molar refractivity (Wildman–Crippen MR) is 65.4 cm³/mol. The Morgan fingerprint density at radius 3 is 3.06 bits per heavy atom. The summed E-state index contributed by atoms with van der Waals surface area (Å²) in [6, 6.07) is 1.83. The van der Waals surface area contributed by atoms with Gasteiger partial charge < -0.3 is 10.6 Å². The first kappa shape index (κ1) is 11.6. The van der Waals surface area contributed by atoms with Crippen molar-refractivity contribution in [3.05, 3.63) is 16.8 Å². The number of piperidine rings is 1. The predicted octanol–water partition coefficient (Wildman–Crippen LogP) is 1.60. The normalized spacial score (nSPS) is 22.2. The maximum atomic E-state index is 5.92. The maximum Gasteiger partial charge on any atom is 0.164 e. The van der Waals surface area contributed by atoms with Gasteiger partial charge in [0.2, 0.25) is 0 Å². The molecule has 1 aliphatic rings. The molecule has 2 rings (SSSR count). The van der Waals surface area contributed by atoms with Gasteiger partial charge in [0.15, 0.2) is 5.82 Å². The molecule has 1 saturated heterocycles. The molecule has 88 valence electrons. The molecule has 4 nitrogen and oxygen atoms in total. The van der Waals surface area contributed by atoms with E-state index >= 15 is 0 Å². The van der Waals surface area contributed by atoms with Crippen LogP contribution in [0.3, 0.4) is 0 Å². The first-order chi connectivity index (χ1) is 7.65. The van der Waals surface area contributed by atoms with Crippen molar-refractivity contribution in [3.63, 3.8) is 0 Å². The molecular weight excluding hydrogens is 224 g/mol. The molecule has 1 aromatic heterocycles. The third-order valence-corrected chi connectivity index (χ3v) is 3.35. The van der Waals surface area contributed by atoms with E-state index < -0.39 is 0 Å². The van der Waals surface area contributed by atoms with Crippen LogP contribution >= 0.6 is 11.6 Å². The summed E-state index contributed by atoms with van der Waals surface area (Å²) in [5.74, 6) is 0.971. The molecular formula is C11H17ClN4. The van der Waals surface area contributed by atoms with Gasteiger partial charge in [0.25, 0.3) is 0 Å². The number of nitrogens with zero attached hydrogens (tertiary/aromatic N) is 3. The van der Waals surface area contributed by atoms with Crippen molar-refractivity contribution >= 4 is 17.4 Å². The second kappa shape index (κ2) is 4.97. The number of anilines is 1. The Bertz CT molecular complexity index is 369. The summed E-state index contributed by atoms with van der Waals surface area (Å²) < 4.78 is 0. The quantitative estimate of drug-likeness (QED) is 0.853. The van der Waals surface area contributed by atoms with Crippen LogP contribution in [0.15, 0.2) is 6.07 Å². The van der Waals surface area contributed by atoms with Gasteiger partial charge in [-0.3, -0.25) is 0 Å². The van der Waals surface area contributed by atoms with E-state index in [2.05, 4.69) is 22.1 Å². The fourth-order valence-electron chi connectivity index (χ4n) is 2.25. The summed E-state index contributed by atoms with van der Waals surface area (Å²) in [6.45, 7) is 2.33. The standard InChI is InChI=1S/C11H17ClN4/c1-16-4-2-3-8(7-16)5-9-6-10(12)11(13)15-14-9/h6,8H,2-5,7H2,1H3,(H2,13,15). The van der Waals surface area contributed by atoms with Crippen molar-refractivity contribution in [2.75, 3.05) is 25.9 Å². The molecule has 1 fully saturated rings. The van der Waals surface area contributed by atoms with Gasteiger partial charge in [-0.05, 0) is 44.8 Å². The van der Waals surface area contributed by atoms with Gasteiger partial charge in [0.1, 0.15) is 0 Å². The molecule has 5 heteroatoms. The first-order valence-electron chi connectivity index (χ1n) is 5.61. The molecule has 0 bridgehead atoms. The first-order valence-corrected chi connectivity index (χ1v) is 5.99. The SMILES string of the molecule is CN1CCCC(Cc2cc(Cl)c(N)nn2)C1. The molecule has 0 radical (unpaired) electrons. The summed E-state index contributed by atoms with van der Waals surface area (Å²) in [7, 11) is 2.16. The Balaban J connectivity index is 2.00. The van der Waals surface area contributed by atoms with Crippen LogP contribution < -0.4 is 5.73 Å². The van der Waals surface area contributed by atoms with Crippen LogP contribution in [0.25, 0.3) is 0 Å². The van der Waals surface area contributed by atoms with Crippen LogP contribution in [0.2, 0.25) is 5.02 Å². The third kappa shape index (κ3) is 2.83. The Morgan fingerprint density at radius 1 is 1.56 bits per heavy atom. The van der Waals surface area contributed by atoms with Crippen LogP contribution in [-0.2, 0) is 6.42 Å². The largest absolute Gasteiger partial charge is 0.381 e. The third-order valence-electron chi connectivity index (χ3n) is 3.04. The zero-order valence-electron chi connectivity index (χ0n) is 9.49. The van der Waals surface area contributed by atoms with Crippen molar-refractivity contribution in [1.29, 1.82) is 0 Å². The number of likely N-dealkylation sites (tertiary alicyclic amines) is 1.